The van der Waals surface area contributed by atoms with Crippen LogP contribution < -0.4 is 10.6 Å². The van der Waals surface area contributed by atoms with Crippen molar-refractivity contribution in [2.75, 3.05) is 19.4 Å². The molecular weight excluding hydrogens is 308 g/mol. The average Bonchev–Trinajstić information content (AvgIpc) is 2.58. The molecule has 7 nitrogen and oxygen atoms in total. The lowest BCUT2D eigenvalue weighted by Gasteiger charge is -2.48. The minimum atomic E-state index is -0.416. The summed E-state index contributed by atoms with van der Waals surface area (Å²) in [5.41, 5.74) is 0.733. The van der Waals surface area contributed by atoms with E-state index >= 15 is 0 Å². The number of rotatable bonds is 2. The third-order valence-electron chi connectivity index (χ3n) is 4.96. The summed E-state index contributed by atoms with van der Waals surface area (Å²) in [6.45, 7) is 1.91. The molecule has 2 aliphatic rings. The lowest BCUT2D eigenvalue weighted by atomic mass is 9.80. The van der Waals surface area contributed by atoms with Gasteiger partial charge in [-0.2, -0.15) is 0 Å². The number of para-hydroxylation sites is 1. The first-order chi connectivity index (χ1) is 11.4. The fourth-order valence-corrected chi connectivity index (χ4v) is 3.51. The Morgan fingerprint density at radius 1 is 1.21 bits per heavy atom. The van der Waals surface area contributed by atoms with E-state index < -0.39 is 5.92 Å². The normalized spacial score (nSPS) is 30.1. The molecule has 0 aliphatic carbocycles. The van der Waals surface area contributed by atoms with Gasteiger partial charge in [-0.15, -0.1) is 0 Å². The minimum absolute atomic E-state index is 0.116. The van der Waals surface area contributed by atoms with Crippen LogP contribution in [0.25, 0.3) is 0 Å². The van der Waals surface area contributed by atoms with Crippen LogP contribution in [-0.4, -0.2) is 53.9 Å². The summed E-state index contributed by atoms with van der Waals surface area (Å²) in [5, 5.41) is 6.16. The smallest absolute Gasteiger partial charge is 0.326 e. The molecule has 0 aromatic heterocycles. The predicted molar refractivity (Wildman–Crippen MR) is 89.0 cm³/mol. The number of nitrogens with zero attached hydrogens (tertiary/aromatic N) is 2. The molecule has 0 spiro atoms. The Labute approximate surface area is 141 Å². The van der Waals surface area contributed by atoms with Gasteiger partial charge >= 0.3 is 6.03 Å². The number of hydrogen-bond acceptors (Lipinski definition) is 4. The molecule has 2 heterocycles. The van der Waals surface area contributed by atoms with Crippen LogP contribution in [0.3, 0.4) is 0 Å². The minimum Gasteiger partial charge on any atom is -0.326 e. The largest absolute Gasteiger partial charge is 0.327 e. The van der Waals surface area contributed by atoms with Gasteiger partial charge in [0.25, 0.3) is 0 Å². The maximum atomic E-state index is 12.6. The second-order valence-electron chi connectivity index (χ2n) is 6.49. The lowest BCUT2D eigenvalue weighted by molar-refractivity contribution is -0.142. The highest BCUT2D eigenvalue weighted by molar-refractivity contribution is 5.99. The summed E-state index contributed by atoms with van der Waals surface area (Å²) in [7, 11) is 3.15. The van der Waals surface area contributed by atoms with Crippen molar-refractivity contribution in [1.82, 2.24) is 15.1 Å². The van der Waals surface area contributed by atoms with Crippen molar-refractivity contribution >= 4 is 23.5 Å². The second-order valence-corrected chi connectivity index (χ2v) is 6.49. The number of piperidine rings is 1. The molecule has 4 amide bonds. The summed E-state index contributed by atoms with van der Waals surface area (Å²) in [6, 6.07) is 8.79. The molecule has 24 heavy (non-hydrogen) atoms. The monoisotopic (exact) mass is 330 g/mol. The molecule has 1 aromatic rings. The zero-order valence-corrected chi connectivity index (χ0v) is 14.0. The van der Waals surface area contributed by atoms with Crippen LogP contribution in [0.4, 0.5) is 10.5 Å². The topological polar surface area (TPSA) is 81.8 Å². The average molecular weight is 330 g/mol. The van der Waals surface area contributed by atoms with Crippen molar-refractivity contribution in [2.45, 2.75) is 25.6 Å². The Balaban J connectivity index is 1.76. The van der Waals surface area contributed by atoms with E-state index in [1.165, 1.54) is 11.9 Å². The van der Waals surface area contributed by atoms with Crippen molar-refractivity contribution in [1.29, 1.82) is 0 Å². The number of nitrogens with one attached hydrogen (secondary N) is 2. The molecule has 4 atom stereocenters. The third kappa shape index (κ3) is 2.75. The molecule has 2 N–H and O–H groups in total. The van der Waals surface area contributed by atoms with Crippen molar-refractivity contribution in [2.24, 2.45) is 11.8 Å². The number of imide groups is 1. The van der Waals surface area contributed by atoms with Gasteiger partial charge in [0.05, 0.1) is 18.0 Å². The van der Waals surface area contributed by atoms with E-state index in [9.17, 15) is 14.4 Å². The van der Waals surface area contributed by atoms with Crippen LogP contribution in [0.5, 0.6) is 0 Å². The molecule has 0 bridgehead atoms. The number of benzene rings is 1. The predicted octanol–water partition coefficient (Wildman–Crippen LogP) is 1.09. The van der Waals surface area contributed by atoms with Crippen LogP contribution in [0.2, 0.25) is 0 Å². The van der Waals surface area contributed by atoms with E-state index in [-0.39, 0.29) is 36.0 Å². The number of amides is 4. The Morgan fingerprint density at radius 3 is 2.54 bits per heavy atom. The van der Waals surface area contributed by atoms with Crippen LogP contribution in [0, 0.1) is 11.8 Å². The highest BCUT2D eigenvalue weighted by Crippen LogP contribution is 2.32. The van der Waals surface area contributed by atoms with E-state index in [0.29, 0.717) is 6.42 Å². The molecular formula is C17H22N4O3. The first-order valence-corrected chi connectivity index (χ1v) is 8.06. The maximum Gasteiger partial charge on any atom is 0.327 e. The summed E-state index contributed by atoms with van der Waals surface area (Å²) in [6.07, 6.45) is 0.0511. The van der Waals surface area contributed by atoms with Crippen LogP contribution in [0.1, 0.15) is 13.3 Å². The highest BCUT2D eigenvalue weighted by Gasteiger charge is 2.49. The number of anilines is 1. The number of carbonyl (C=O) groups is 3. The molecule has 0 saturated carbocycles. The molecule has 7 heteroatoms. The number of carbonyl (C=O) groups excluding carboxylic acids is 3. The zero-order chi connectivity index (χ0) is 17.4. The molecule has 2 saturated heterocycles. The molecule has 2 fully saturated rings. The molecule has 4 unspecified atom stereocenters. The molecule has 3 rings (SSSR count). The molecule has 1 aromatic carbocycles. The van der Waals surface area contributed by atoms with E-state index in [2.05, 4.69) is 10.6 Å². The van der Waals surface area contributed by atoms with Crippen LogP contribution in [-0.2, 0) is 9.59 Å². The lowest BCUT2D eigenvalue weighted by Crippen LogP contribution is -2.69. The van der Waals surface area contributed by atoms with E-state index in [4.69, 9.17) is 0 Å². The summed E-state index contributed by atoms with van der Waals surface area (Å²) in [4.78, 5) is 39.8. The van der Waals surface area contributed by atoms with Crippen LogP contribution in [0.15, 0.2) is 30.3 Å². The maximum absolute atomic E-state index is 12.6. The van der Waals surface area contributed by atoms with Crippen molar-refractivity contribution in [3.8, 4) is 0 Å². The molecule has 2 aliphatic heterocycles. The Morgan fingerprint density at radius 2 is 1.88 bits per heavy atom. The second kappa shape index (κ2) is 6.24. The summed E-state index contributed by atoms with van der Waals surface area (Å²) < 4.78 is 0. The number of hydrogen-bond donors (Lipinski definition) is 2. The van der Waals surface area contributed by atoms with Gasteiger partial charge in [0, 0.05) is 25.8 Å². The number of fused-ring (bicyclic) bond motifs is 1. The van der Waals surface area contributed by atoms with E-state index in [1.807, 2.05) is 37.3 Å². The van der Waals surface area contributed by atoms with E-state index in [1.54, 1.807) is 7.05 Å². The fraction of sp³-hybridized carbons (Fsp3) is 0.471. The zero-order valence-electron chi connectivity index (χ0n) is 14.0. The fourth-order valence-electron chi connectivity index (χ4n) is 3.51. The van der Waals surface area contributed by atoms with Gasteiger partial charge in [-0.1, -0.05) is 18.2 Å². The standard InChI is InChI=1S/C17H22N4O3/c1-10-12(15(22)19-11-7-5-4-6-8-11)9-13-14(18-10)20(2)17(24)21(3)16(13)23/h4-8,10,12-14,18H,9H2,1-3H3,(H,19,22). The first kappa shape index (κ1) is 16.4. The Bertz CT molecular complexity index is 663. The highest BCUT2D eigenvalue weighted by atomic mass is 16.2. The van der Waals surface area contributed by atoms with Crippen molar-refractivity contribution in [3.05, 3.63) is 30.3 Å². The van der Waals surface area contributed by atoms with Crippen molar-refractivity contribution < 1.29 is 14.4 Å². The Hall–Kier alpha value is -2.41. The SMILES string of the molecule is CC1NC2C(CC1C(=O)Nc1ccccc1)C(=O)N(C)C(=O)N2C. The number of urea groups is 1. The quantitative estimate of drug-likeness (QED) is 0.850. The van der Waals surface area contributed by atoms with Crippen molar-refractivity contribution in [3.63, 3.8) is 0 Å². The first-order valence-electron chi connectivity index (χ1n) is 8.06. The van der Waals surface area contributed by atoms with Gasteiger partial charge in [0.15, 0.2) is 0 Å². The summed E-state index contributed by atoms with van der Waals surface area (Å²) in [5.74, 6) is -1.11. The molecule has 128 valence electrons. The third-order valence-corrected chi connectivity index (χ3v) is 4.96. The van der Waals surface area contributed by atoms with Gasteiger partial charge in [-0.3, -0.25) is 19.8 Å². The van der Waals surface area contributed by atoms with Gasteiger partial charge in [-0.05, 0) is 25.5 Å². The van der Waals surface area contributed by atoms with Gasteiger partial charge in [0.1, 0.15) is 0 Å². The summed E-state index contributed by atoms with van der Waals surface area (Å²) >= 11 is 0. The Kier molecular flexibility index (Phi) is 4.28. The van der Waals surface area contributed by atoms with Gasteiger partial charge in [-0.25, -0.2) is 4.79 Å². The van der Waals surface area contributed by atoms with E-state index in [0.717, 1.165) is 10.6 Å². The van der Waals surface area contributed by atoms with Gasteiger partial charge < -0.3 is 10.2 Å². The van der Waals surface area contributed by atoms with Gasteiger partial charge in [0.2, 0.25) is 11.8 Å². The molecule has 0 radical (unpaired) electrons. The van der Waals surface area contributed by atoms with Crippen LogP contribution >= 0.6 is 0 Å².